The summed E-state index contributed by atoms with van der Waals surface area (Å²) in [7, 11) is 0. The summed E-state index contributed by atoms with van der Waals surface area (Å²) in [5, 5.41) is 10.0. The minimum absolute atomic E-state index is 0.323. The number of benzene rings is 2. The summed E-state index contributed by atoms with van der Waals surface area (Å²) in [6.45, 7) is 0.666. The van der Waals surface area contributed by atoms with Gasteiger partial charge < -0.3 is 9.84 Å². The van der Waals surface area contributed by atoms with Crippen molar-refractivity contribution >= 4 is 0 Å². The summed E-state index contributed by atoms with van der Waals surface area (Å²) in [4.78, 5) is 0. The number of hydrogen-bond donors (Lipinski definition) is 1. The van der Waals surface area contributed by atoms with E-state index in [1.807, 2.05) is 30.3 Å². The van der Waals surface area contributed by atoms with E-state index in [-0.39, 0.29) is 6.10 Å². The molecular weight excluding hydrogens is 248 g/mol. The van der Waals surface area contributed by atoms with Crippen molar-refractivity contribution in [2.45, 2.75) is 31.8 Å². The third-order valence-corrected chi connectivity index (χ3v) is 3.90. The first-order valence-corrected chi connectivity index (χ1v) is 7.30. The summed E-state index contributed by atoms with van der Waals surface area (Å²) in [5.74, 6) is 0.862. The molecule has 0 saturated heterocycles. The van der Waals surface area contributed by atoms with Crippen LogP contribution in [0.4, 0.5) is 0 Å². The molecule has 0 aromatic heterocycles. The molecule has 1 atom stereocenters. The van der Waals surface area contributed by atoms with Gasteiger partial charge in [-0.1, -0.05) is 36.4 Å². The predicted octanol–water partition coefficient (Wildman–Crippen LogP) is 3.68. The molecule has 0 fully saturated rings. The molecule has 0 spiro atoms. The summed E-state index contributed by atoms with van der Waals surface area (Å²) >= 11 is 0. The highest BCUT2D eigenvalue weighted by atomic mass is 16.5. The number of fused-ring (bicyclic) bond motifs is 1. The van der Waals surface area contributed by atoms with Gasteiger partial charge in [0.25, 0.3) is 0 Å². The monoisotopic (exact) mass is 268 g/mol. The van der Waals surface area contributed by atoms with Gasteiger partial charge in [-0.2, -0.15) is 0 Å². The molecule has 0 unspecified atom stereocenters. The summed E-state index contributed by atoms with van der Waals surface area (Å²) in [6.07, 6.45) is 3.58. The average molecular weight is 268 g/mol. The van der Waals surface area contributed by atoms with E-state index in [1.54, 1.807) is 0 Å². The van der Waals surface area contributed by atoms with Crippen LogP contribution >= 0.6 is 0 Å². The summed E-state index contributed by atoms with van der Waals surface area (Å²) < 4.78 is 5.81. The molecule has 2 heteroatoms. The molecule has 2 aromatic carbocycles. The fourth-order valence-corrected chi connectivity index (χ4v) is 2.77. The maximum absolute atomic E-state index is 10.0. The number of ether oxygens (including phenoxy) is 1. The van der Waals surface area contributed by atoms with E-state index in [9.17, 15) is 5.11 Å². The van der Waals surface area contributed by atoms with Crippen molar-refractivity contribution in [1.82, 2.24) is 0 Å². The van der Waals surface area contributed by atoms with E-state index in [1.165, 1.54) is 11.1 Å². The van der Waals surface area contributed by atoms with Crippen molar-refractivity contribution in [3.8, 4) is 5.75 Å². The zero-order valence-electron chi connectivity index (χ0n) is 11.6. The lowest BCUT2D eigenvalue weighted by Gasteiger charge is -2.22. The first kappa shape index (κ1) is 13.2. The molecule has 0 saturated carbocycles. The lowest BCUT2D eigenvalue weighted by atomic mass is 9.89. The van der Waals surface area contributed by atoms with Crippen LogP contribution in [0.5, 0.6) is 5.75 Å². The highest BCUT2D eigenvalue weighted by Crippen LogP contribution is 2.32. The SMILES string of the molecule is O[C@@H]1CCCc2ccc(OCCc3ccccc3)cc21. The van der Waals surface area contributed by atoms with Crippen LogP contribution in [0, 0.1) is 0 Å². The minimum atomic E-state index is -0.323. The van der Waals surface area contributed by atoms with Gasteiger partial charge in [0.2, 0.25) is 0 Å². The van der Waals surface area contributed by atoms with Gasteiger partial charge in [0, 0.05) is 6.42 Å². The van der Waals surface area contributed by atoms with E-state index in [4.69, 9.17) is 4.74 Å². The first-order valence-electron chi connectivity index (χ1n) is 7.30. The Labute approximate surface area is 120 Å². The van der Waals surface area contributed by atoms with Crippen LogP contribution in [0.2, 0.25) is 0 Å². The number of aliphatic hydroxyl groups excluding tert-OH is 1. The summed E-state index contributed by atoms with van der Waals surface area (Å²) in [5.41, 5.74) is 3.60. The predicted molar refractivity (Wildman–Crippen MR) is 80.0 cm³/mol. The molecule has 2 nitrogen and oxygen atoms in total. The first-order chi connectivity index (χ1) is 9.83. The van der Waals surface area contributed by atoms with Crippen molar-refractivity contribution in [3.05, 3.63) is 65.2 Å². The van der Waals surface area contributed by atoms with Crippen LogP contribution in [-0.4, -0.2) is 11.7 Å². The van der Waals surface area contributed by atoms with Crippen LogP contribution in [-0.2, 0) is 12.8 Å². The molecular formula is C18H20O2. The fraction of sp³-hybridized carbons (Fsp3) is 0.333. The lowest BCUT2D eigenvalue weighted by Crippen LogP contribution is -2.10. The van der Waals surface area contributed by atoms with Gasteiger partial charge in [-0.25, -0.2) is 0 Å². The van der Waals surface area contributed by atoms with E-state index in [0.29, 0.717) is 6.61 Å². The Bertz CT molecular complexity index is 563. The van der Waals surface area contributed by atoms with Crippen LogP contribution in [0.3, 0.4) is 0 Å². The largest absolute Gasteiger partial charge is 0.493 e. The standard InChI is InChI=1S/C18H20O2/c19-18-8-4-7-15-9-10-16(13-17(15)18)20-12-11-14-5-2-1-3-6-14/h1-3,5-6,9-10,13,18-19H,4,7-8,11-12H2/t18-/m1/s1. The Hall–Kier alpha value is -1.80. The van der Waals surface area contributed by atoms with Crippen molar-refractivity contribution in [2.24, 2.45) is 0 Å². The van der Waals surface area contributed by atoms with Crippen LogP contribution in [0.15, 0.2) is 48.5 Å². The highest BCUT2D eigenvalue weighted by Gasteiger charge is 2.18. The molecule has 0 aliphatic heterocycles. The quantitative estimate of drug-likeness (QED) is 0.916. The molecule has 0 radical (unpaired) electrons. The second kappa shape index (κ2) is 6.10. The van der Waals surface area contributed by atoms with Crippen LogP contribution < -0.4 is 4.74 Å². The summed E-state index contributed by atoms with van der Waals surface area (Å²) in [6, 6.07) is 16.5. The molecule has 20 heavy (non-hydrogen) atoms. The number of aliphatic hydroxyl groups is 1. The van der Waals surface area contributed by atoms with Crippen LogP contribution in [0.25, 0.3) is 0 Å². The van der Waals surface area contributed by atoms with Crippen molar-refractivity contribution in [2.75, 3.05) is 6.61 Å². The molecule has 1 aliphatic rings. The Balaban J connectivity index is 1.62. The third-order valence-electron chi connectivity index (χ3n) is 3.90. The molecule has 3 rings (SSSR count). The second-order valence-electron chi connectivity index (χ2n) is 5.35. The fourth-order valence-electron chi connectivity index (χ4n) is 2.77. The van der Waals surface area contributed by atoms with E-state index in [2.05, 4.69) is 18.2 Å². The van der Waals surface area contributed by atoms with Crippen LogP contribution in [0.1, 0.15) is 35.6 Å². The Morgan fingerprint density at radius 3 is 2.80 bits per heavy atom. The molecule has 104 valence electrons. The molecule has 0 amide bonds. The molecule has 1 N–H and O–H groups in total. The molecule has 2 aromatic rings. The van der Waals surface area contributed by atoms with Gasteiger partial charge in [0.05, 0.1) is 12.7 Å². The Kier molecular flexibility index (Phi) is 4.03. The second-order valence-corrected chi connectivity index (χ2v) is 5.35. The topological polar surface area (TPSA) is 29.5 Å². The highest BCUT2D eigenvalue weighted by molar-refractivity contribution is 5.38. The maximum atomic E-state index is 10.0. The van der Waals surface area contributed by atoms with Crippen molar-refractivity contribution in [1.29, 1.82) is 0 Å². The van der Waals surface area contributed by atoms with Crippen molar-refractivity contribution < 1.29 is 9.84 Å². The van der Waals surface area contributed by atoms with E-state index >= 15 is 0 Å². The van der Waals surface area contributed by atoms with Gasteiger partial charge in [0.1, 0.15) is 5.75 Å². The van der Waals surface area contributed by atoms with Gasteiger partial charge in [-0.15, -0.1) is 0 Å². The zero-order valence-corrected chi connectivity index (χ0v) is 11.6. The maximum Gasteiger partial charge on any atom is 0.119 e. The Morgan fingerprint density at radius 1 is 1.10 bits per heavy atom. The van der Waals surface area contributed by atoms with E-state index in [0.717, 1.165) is 37.0 Å². The van der Waals surface area contributed by atoms with Gasteiger partial charge >= 0.3 is 0 Å². The van der Waals surface area contributed by atoms with Gasteiger partial charge in [0.15, 0.2) is 0 Å². The number of aryl methyl sites for hydroxylation is 1. The number of hydrogen-bond acceptors (Lipinski definition) is 2. The smallest absolute Gasteiger partial charge is 0.119 e. The molecule has 0 bridgehead atoms. The lowest BCUT2D eigenvalue weighted by molar-refractivity contribution is 0.156. The molecule has 0 heterocycles. The van der Waals surface area contributed by atoms with Crippen molar-refractivity contribution in [3.63, 3.8) is 0 Å². The minimum Gasteiger partial charge on any atom is -0.493 e. The third kappa shape index (κ3) is 3.02. The van der Waals surface area contributed by atoms with Gasteiger partial charge in [-0.05, 0) is 48.1 Å². The molecule has 1 aliphatic carbocycles. The average Bonchev–Trinajstić information content (AvgIpc) is 2.49. The number of rotatable bonds is 4. The van der Waals surface area contributed by atoms with Gasteiger partial charge in [-0.3, -0.25) is 0 Å². The normalized spacial score (nSPS) is 17.6. The Morgan fingerprint density at radius 2 is 1.95 bits per heavy atom. The van der Waals surface area contributed by atoms with E-state index < -0.39 is 0 Å². The zero-order chi connectivity index (χ0) is 13.8.